The third kappa shape index (κ3) is 3.60. The molecule has 0 bridgehead atoms. The first-order valence-electron chi connectivity index (χ1n) is 5.70. The van der Waals surface area contributed by atoms with Gasteiger partial charge in [0.1, 0.15) is 12.4 Å². The molecule has 0 saturated heterocycles. The Hall–Kier alpha value is -1.81. The molecule has 2 aromatic rings. The summed E-state index contributed by atoms with van der Waals surface area (Å²) in [5.41, 5.74) is 1.21. The van der Waals surface area contributed by atoms with Gasteiger partial charge in [-0.15, -0.1) is 0 Å². The smallest absolute Gasteiger partial charge is 0.174 e. The van der Waals surface area contributed by atoms with Crippen molar-refractivity contribution < 1.29 is 9.26 Å². The maximum absolute atomic E-state index is 5.61. The first-order chi connectivity index (χ1) is 8.38. The molecule has 2 rings (SSSR count). The molecule has 0 aliphatic carbocycles. The van der Waals surface area contributed by atoms with Gasteiger partial charge in [-0.1, -0.05) is 24.2 Å². The largest absolute Gasteiger partial charge is 0.486 e. The van der Waals surface area contributed by atoms with Crippen molar-refractivity contribution >= 4 is 0 Å². The van der Waals surface area contributed by atoms with Crippen LogP contribution in [-0.4, -0.2) is 11.7 Å². The van der Waals surface area contributed by atoms with E-state index in [0.29, 0.717) is 6.61 Å². The zero-order chi connectivity index (χ0) is 11.9. The summed E-state index contributed by atoms with van der Waals surface area (Å²) in [5.74, 6) is 1.57. The molecular weight excluding hydrogens is 216 g/mol. The maximum atomic E-state index is 5.61. The lowest BCUT2D eigenvalue weighted by molar-refractivity contribution is 0.249. The third-order valence-electron chi connectivity index (χ3n) is 2.35. The van der Waals surface area contributed by atoms with Crippen LogP contribution in [0, 0.1) is 0 Å². The number of nitrogens with one attached hydrogen (secondary N) is 1. The van der Waals surface area contributed by atoms with Gasteiger partial charge in [0.25, 0.3) is 0 Å². The molecule has 0 unspecified atom stereocenters. The molecule has 17 heavy (non-hydrogen) atoms. The van der Waals surface area contributed by atoms with Crippen molar-refractivity contribution in [2.45, 2.75) is 20.1 Å². The number of benzene rings is 1. The highest BCUT2D eigenvalue weighted by Crippen LogP contribution is 2.14. The molecule has 0 radical (unpaired) electrons. The molecule has 0 atom stereocenters. The Morgan fingerprint density at radius 2 is 2.29 bits per heavy atom. The van der Waals surface area contributed by atoms with Crippen LogP contribution in [0.5, 0.6) is 5.75 Å². The van der Waals surface area contributed by atoms with Gasteiger partial charge in [0.2, 0.25) is 0 Å². The summed E-state index contributed by atoms with van der Waals surface area (Å²) in [4.78, 5) is 0. The number of hydrogen-bond donors (Lipinski definition) is 1. The van der Waals surface area contributed by atoms with Crippen molar-refractivity contribution in [1.29, 1.82) is 0 Å². The molecule has 90 valence electrons. The lowest BCUT2D eigenvalue weighted by Crippen LogP contribution is -2.11. The van der Waals surface area contributed by atoms with Gasteiger partial charge >= 0.3 is 0 Å². The van der Waals surface area contributed by atoms with E-state index in [1.807, 2.05) is 18.2 Å². The van der Waals surface area contributed by atoms with Crippen LogP contribution in [0.4, 0.5) is 0 Å². The van der Waals surface area contributed by atoms with Crippen LogP contribution in [-0.2, 0) is 13.2 Å². The van der Waals surface area contributed by atoms with Gasteiger partial charge in [0.15, 0.2) is 5.76 Å². The molecule has 0 aliphatic heterocycles. The Bertz CT molecular complexity index is 440. The topological polar surface area (TPSA) is 47.3 Å². The minimum atomic E-state index is 0.407. The Labute approximate surface area is 101 Å². The molecule has 4 nitrogen and oxygen atoms in total. The van der Waals surface area contributed by atoms with Crippen LogP contribution in [0.3, 0.4) is 0 Å². The maximum Gasteiger partial charge on any atom is 0.174 e. The Morgan fingerprint density at radius 3 is 3.06 bits per heavy atom. The van der Waals surface area contributed by atoms with E-state index in [1.165, 1.54) is 5.56 Å². The second-order valence-corrected chi connectivity index (χ2v) is 3.70. The fourth-order valence-corrected chi connectivity index (χ4v) is 1.49. The van der Waals surface area contributed by atoms with Crippen LogP contribution in [0.1, 0.15) is 18.2 Å². The van der Waals surface area contributed by atoms with E-state index in [2.05, 4.69) is 23.5 Å². The van der Waals surface area contributed by atoms with E-state index < -0.39 is 0 Å². The van der Waals surface area contributed by atoms with Gasteiger partial charge in [-0.2, -0.15) is 0 Å². The first-order valence-corrected chi connectivity index (χ1v) is 5.70. The summed E-state index contributed by atoms with van der Waals surface area (Å²) in [5, 5.41) is 6.90. The van der Waals surface area contributed by atoms with Crippen molar-refractivity contribution in [2.75, 3.05) is 6.54 Å². The van der Waals surface area contributed by atoms with E-state index in [0.717, 1.165) is 24.6 Å². The summed E-state index contributed by atoms with van der Waals surface area (Å²) >= 11 is 0. The summed E-state index contributed by atoms with van der Waals surface area (Å²) in [6.07, 6.45) is 1.61. The highest BCUT2D eigenvalue weighted by atomic mass is 16.5. The molecule has 4 heteroatoms. The molecule has 0 amide bonds. The molecule has 0 spiro atoms. The zero-order valence-electron chi connectivity index (χ0n) is 9.85. The van der Waals surface area contributed by atoms with Gasteiger partial charge in [0.05, 0.1) is 6.20 Å². The second kappa shape index (κ2) is 6.06. The number of rotatable bonds is 6. The van der Waals surface area contributed by atoms with E-state index >= 15 is 0 Å². The van der Waals surface area contributed by atoms with Gasteiger partial charge in [-0.05, 0) is 24.2 Å². The van der Waals surface area contributed by atoms with Crippen LogP contribution in [0.15, 0.2) is 41.1 Å². The Morgan fingerprint density at radius 1 is 1.35 bits per heavy atom. The van der Waals surface area contributed by atoms with Crippen LogP contribution in [0.2, 0.25) is 0 Å². The summed E-state index contributed by atoms with van der Waals surface area (Å²) in [7, 11) is 0. The van der Waals surface area contributed by atoms with Gasteiger partial charge in [-0.3, -0.25) is 0 Å². The highest BCUT2D eigenvalue weighted by molar-refractivity contribution is 5.28. The molecule has 1 N–H and O–H groups in total. The fourth-order valence-electron chi connectivity index (χ4n) is 1.49. The average molecular weight is 232 g/mol. The predicted molar refractivity (Wildman–Crippen MR) is 64.7 cm³/mol. The van der Waals surface area contributed by atoms with Crippen molar-refractivity contribution in [3.63, 3.8) is 0 Å². The van der Waals surface area contributed by atoms with Gasteiger partial charge in [-0.25, -0.2) is 0 Å². The van der Waals surface area contributed by atoms with E-state index in [9.17, 15) is 0 Å². The minimum absolute atomic E-state index is 0.407. The number of nitrogens with zero attached hydrogens (tertiary/aromatic N) is 1. The van der Waals surface area contributed by atoms with E-state index in [4.69, 9.17) is 9.26 Å². The van der Waals surface area contributed by atoms with E-state index in [-0.39, 0.29) is 0 Å². The Balaban J connectivity index is 1.91. The highest BCUT2D eigenvalue weighted by Gasteiger charge is 2.00. The standard InChI is InChI=1S/C13H16N2O2/c1-2-14-9-11-4-3-5-12(8-11)16-10-13-6-7-15-17-13/h3-8,14H,2,9-10H2,1H3. The van der Waals surface area contributed by atoms with Crippen molar-refractivity contribution in [3.8, 4) is 5.75 Å². The molecule has 1 aromatic heterocycles. The van der Waals surface area contributed by atoms with E-state index in [1.54, 1.807) is 12.3 Å². The summed E-state index contributed by atoms with van der Waals surface area (Å²) in [6.45, 7) is 4.31. The molecule has 1 aromatic carbocycles. The minimum Gasteiger partial charge on any atom is -0.486 e. The molecule has 0 fully saturated rings. The van der Waals surface area contributed by atoms with Crippen molar-refractivity contribution in [2.24, 2.45) is 0 Å². The quantitative estimate of drug-likeness (QED) is 0.830. The van der Waals surface area contributed by atoms with Gasteiger partial charge < -0.3 is 14.6 Å². The van der Waals surface area contributed by atoms with Crippen LogP contribution < -0.4 is 10.1 Å². The monoisotopic (exact) mass is 232 g/mol. The molecule has 1 heterocycles. The van der Waals surface area contributed by atoms with Crippen LogP contribution >= 0.6 is 0 Å². The summed E-state index contributed by atoms with van der Waals surface area (Å²) in [6, 6.07) is 9.82. The number of ether oxygens (including phenoxy) is 1. The predicted octanol–water partition coefficient (Wildman–Crippen LogP) is 2.36. The fraction of sp³-hybridized carbons (Fsp3) is 0.308. The zero-order valence-corrected chi connectivity index (χ0v) is 9.85. The van der Waals surface area contributed by atoms with Crippen molar-refractivity contribution in [3.05, 3.63) is 47.9 Å². The molecule has 0 aliphatic rings. The Kier molecular flexibility index (Phi) is 4.16. The summed E-state index contributed by atoms with van der Waals surface area (Å²) < 4.78 is 10.6. The molecule has 0 saturated carbocycles. The van der Waals surface area contributed by atoms with Crippen LogP contribution in [0.25, 0.3) is 0 Å². The molecular formula is C13H16N2O2. The third-order valence-corrected chi connectivity index (χ3v) is 2.35. The number of aromatic nitrogens is 1. The lowest BCUT2D eigenvalue weighted by Gasteiger charge is -2.06. The normalized spacial score (nSPS) is 10.4. The lowest BCUT2D eigenvalue weighted by atomic mass is 10.2. The number of hydrogen-bond acceptors (Lipinski definition) is 4. The van der Waals surface area contributed by atoms with Crippen molar-refractivity contribution in [1.82, 2.24) is 10.5 Å². The second-order valence-electron chi connectivity index (χ2n) is 3.70. The first kappa shape index (κ1) is 11.7. The average Bonchev–Trinajstić information content (AvgIpc) is 2.87. The SMILES string of the molecule is CCNCc1cccc(OCc2ccno2)c1. The van der Waals surface area contributed by atoms with Gasteiger partial charge in [0, 0.05) is 12.6 Å².